The van der Waals surface area contributed by atoms with Gasteiger partial charge in [-0.05, 0) is 19.3 Å². The molecule has 1 aliphatic heterocycles. The number of unbranched alkanes of at least 4 members (excludes halogenated alkanes) is 1. The molecule has 0 saturated carbocycles. The second kappa shape index (κ2) is 6.48. The molecule has 5 nitrogen and oxygen atoms in total. The van der Waals surface area contributed by atoms with E-state index in [4.69, 9.17) is 5.73 Å². The number of carbonyl (C=O) groups excluding carboxylic acids is 2. The highest BCUT2D eigenvalue weighted by atomic mass is 16.4. The number of rotatable bonds is 6. The topological polar surface area (TPSA) is 87.7 Å². The number of aliphatic carboxylic acids is 1. The van der Waals surface area contributed by atoms with Crippen LogP contribution < -0.4 is 15.7 Å². The molecule has 1 heterocycles. The largest absolute Gasteiger partial charge is 0.550 e. The molecule has 0 radical (unpaired) electrons. The van der Waals surface area contributed by atoms with Crippen molar-refractivity contribution in [3.63, 3.8) is 0 Å². The Hall–Kier alpha value is -1.10. The molecule has 92 valence electrons. The van der Waals surface area contributed by atoms with Crippen LogP contribution >= 0.6 is 0 Å². The normalized spacial score (nSPS) is 25.2. The minimum absolute atomic E-state index is 0.0481. The number of nitrogens with two attached hydrogens (primary N) is 1. The third-order valence-electron chi connectivity index (χ3n) is 3.26. The Balaban J connectivity index is 2.08. The minimum atomic E-state index is -0.970. The van der Waals surface area contributed by atoms with Gasteiger partial charge in [-0.1, -0.05) is 0 Å². The lowest BCUT2D eigenvalue weighted by atomic mass is 9.96. The van der Waals surface area contributed by atoms with E-state index >= 15 is 0 Å². The first kappa shape index (κ1) is 13.0. The summed E-state index contributed by atoms with van der Waals surface area (Å²) in [4.78, 5) is 22.6. The van der Waals surface area contributed by atoms with Gasteiger partial charge in [0.25, 0.3) is 0 Å². The first-order valence-electron chi connectivity index (χ1n) is 5.92. The molecule has 0 bridgehead atoms. The van der Waals surface area contributed by atoms with Gasteiger partial charge < -0.3 is 20.5 Å². The van der Waals surface area contributed by atoms with E-state index in [9.17, 15) is 14.7 Å². The zero-order valence-electron chi connectivity index (χ0n) is 9.54. The summed E-state index contributed by atoms with van der Waals surface area (Å²) in [7, 11) is 0. The number of hydrogen-bond acceptors (Lipinski definition) is 3. The van der Waals surface area contributed by atoms with Gasteiger partial charge in [-0.15, -0.1) is 0 Å². The van der Waals surface area contributed by atoms with Crippen molar-refractivity contribution in [2.24, 2.45) is 11.7 Å². The number of quaternary nitrogens is 1. The highest BCUT2D eigenvalue weighted by molar-refractivity contribution is 5.76. The maximum atomic E-state index is 10.9. The number of nitrogens with one attached hydrogen (secondary N) is 1. The molecule has 0 aromatic carbocycles. The highest BCUT2D eigenvalue weighted by Crippen LogP contribution is 2.07. The number of carbonyl (C=O) groups is 2. The van der Waals surface area contributed by atoms with Crippen LogP contribution in [0.25, 0.3) is 0 Å². The van der Waals surface area contributed by atoms with Crippen LogP contribution in [0.3, 0.4) is 0 Å². The van der Waals surface area contributed by atoms with Crippen molar-refractivity contribution in [2.75, 3.05) is 19.6 Å². The fraction of sp³-hybridized carbons (Fsp3) is 0.818. The molecule has 0 spiro atoms. The average molecular weight is 228 g/mol. The summed E-state index contributed by atoms with van der Waals surface area (Å²) in [6.07, 6.45) is 3.48. The maximum Gasteiger partial charge on any atom is 0.220 e. The molecule has 3 N–H and O–H groups in total. The van der Waals surface area contributed by atoms with Crippen LogP contribution in [0.4, 0.5) is 0 Å². The second-order valence-electron chi connectivity index (χ2n) is 4.51. The number of amides is 1. The molecule has 0 atom stereocenters. The van der Waals surface area contributed by atoms with E-state index in [0.29, 0.717) is 6.42 Å². The predicted octanol–water partition coefficient (Wildman–Crippen LogP) is -2.31. The van der Waals surface area contributed by atoms with Gasteiger partial charge >= 0.3 is 0 Å². The lowest BCUT2D eigenvalue weighted by Crippen LogP contribution is -3.13. The van der Waals surface area contributed by atoms with E-state index in [-0.39, 0.29) is 18.2 Å². The van der Waals surface area contributed by atoms with Gasteiger partial charge in [0.1, 0.15) is 0 Å². The van der Waals surface area contributed by atoms with Crippen molar-refractivity contribution in [1.82, 2.24) is 0 Å². The lowest BCUT2D eigenvalue weighted by Gasteiger charge is -2.27. The van der Waals surface area contributed by atoms with Crippen LogP contribution in [-0.2, 0) is 9.59 Å². The highest BCUT2D eigenvalue weighted by Gasteiger charge is 2.25. The predicted molar refractivity (Wildman–Crippen MR) is 56.3 cm³/mol. The third kappa shape index (κ3) is 4.61. The molecule has 0 aromatic heterocycles. The summed E-state index contributed by atoms with van der Waals surface area (Å²) < 4.78 is 0. The Bertz CT molecular complexity index is 248. The molecule has 0 aliphatic carbocycles. The van der Waals surface area contributed by atoms with Crippen LogP contribution in [0.1, 0.15) is 32.1 Å². The summed E-state index contributed by atoms with van der Waals surface area (Å²) in [6, 6.07) is 0. The lowest BCUT2D eigenvalue weighted by molar-refractivity contribution is -0.906. The standard InChI is InChI=1S/C11H20N2O3/c12-11(16)9-4-7-13(8-5-9)6-2-1-3-10(14)15/h9H,1-8H2,(H2,12,16)(H,14,15). The van der Waals surface area contributed by atoms with E-state index in [1.54, 1.807) is 0 Å². The Kier molecular flexibility index (Phi) is 5.25. The smallest absolute Gasteiger partial charge is 0.220 e. The molecule has 0 aromatic rings. The zero-order valence-corrected chi connectivity index (χ0v) is 9.54. The van der Waals surface area contributed by atoms with Crippen LogP contribution in [-0.4, -0.2) is 31.5 Å². The number of carboxylic acids is 1. The molecule has 1 fully saturated rings. The van der Waals surface area contributed by atoms with E-state index < -0.39 is 5.97 Å². The molecule has 1 aliphatic rings. The van der Waals surface area contributed by atoms with Crippen molar-refractivity contribution in [3.05, 3.63) is 0 Å². The number of hydrogen-bond donors (Lipinski definition) is 2. The number of piperidine rings is 1. The van der Waals surface area contributed by atoms with Crippen LogP contribution in [0.15, 0.2) is 0 Å². The Labute approximate surface area is 95.6 Å². The Morgan fingerprint density at radius 1 is 1.25 bits per heavy atom. The van der Waals surface area contributed by atoms with E-state index in [1.807, 2.05) is 0 Å². The van der Waals surface area contributed by atoms with Gasteiger partial charge in [-0.3, -0.25) is 4.79 Å². The fourth-order valence-corrected chi connectivity index (χ4v) is 2.20. The number of likely N-dealkylation sites (tertiary alicyclic amines) is 1. The molecule has 16 heavy (non-hydrogen) atoms. The summed E-state index contributed by atoms with van der Waals surface area (Å²) in [5, 5.41) is 10.2. The van der Waals surface area contributed by atoms with Crippen molar-refractivity contribution in [1.29, 1.82) is 0 Å². The number of carboxylic acid groups (broad SMARTS) is 1. The second-order valence-corrected chi connectivity index (χ2v) is 4.51. The Morgan fingerprint density at radius 3 is 2.38 bits per heavy atom. The van der Waals surface area contributed by atoms with Gasteiger partial charge in [0.05, 0.1) is 19.6 Å². The van der Waals surface area contributed by atoms with Crippen molar-refractivity contribution >= 4 is 11.9 Å². The van der Waals surface area contributed by atoms with Gasteiger partial charge in [-0.25, -0.2) is 0 Å². The molecule has 1 rings (SSSR count). The van der Waals surface area contributed by atoms with Gasteiger partial charge in [0.15, 0.2) is 0 Å². The van der Waals surface area contributed by atoms with Gasteiger partial charge in [-0.2, -0.15) is 0 Å². The van der Waals surface area contributed by atoms with Crippen LogP contribution in [0.2, 0.25) is 0 Å². The maximum absolute atomic E-state index is 10.9. The van der Waals surface area contributed by atoms with Crippen LogP contribution in [0, 0.1) is 5.92 Å². The van der Waals surface area contributed by atoms with Crippen molar-refractivity contribution in [2.45, 2.75) is 32.1 Å². The summed E-state index contributed by atoms with van der Waals surface area (Å²) in [5.74, 6) is -1.11. The first-order chi connectivity index (χ1) is 7.59. The zero-order chi connectivity index (χ0) is 12.0. The summed E-state index contributed by atoms with van der Waals surface area (Å²) in [5.41, 5.74) is 5.25. The number of primary amides is 1. The minimum Gasteiger partial charge on any atom is -0.550 e. The summed E-state index contributed by atoms with van der Waals surface area (Å²) in [6.45, 7) is 2.93. The van der Waals surface area contributed by atoms with Crippen LogP contribution in [0.5, 0.6) is 0 Å². The summed E-state index contributed by atoms with van der Waals surface area (Å²) >= 11 is 0. The third-order valence-corrected chi connectivity index (χ3v) is 3.26. The molecule has 1 saturated heterocycles. The van der Waals surface area contributed by atoms with Gasteiger partial charge in [0.2, 0.25) is 5.91 Å². The molecular formula is C11H20N2O3. The van der Waals surface area contributed by atoms with E-state index in [0.717, 1.165) is 38.9 Å². The molecular weight excluding hydrogens is 208 g/mol. The van der Waals surface area contributed by atoms with Crippen molar-refractivity contribution < 1.29 is 19.6 Å². The molecule has 0 unspecified atom stereocenters. The fourth-order valence-electron chi connectivity index (χ4n) is 2.20. The van der Waals surface area contributed by atoms with Crippen molar-refractivity contribution in [3.8, 4) is 0 Å². The van der Waals surface area contributed by atoms with E-state index in [1.165, 1.54) is 4.90 Å². The Morgan fingerprint density at radius 2 is 1.88 bits per heavy atom. The van der Waals surface area contributed by atoms with E-state index in [2.05, 4.69) is 0 Å². The molecule has 1 amide bonds. The quantitative estimate of drug-likeness (QED) is 0.501. The molecule has 5 heteroatoms. The average Bonchev–Trinajstić information content (AvgIpc) is 2.25. The SMILES string of the molecule is NC(=O)C1CC[NH+](CCCCC(=O)[O-])CC1. The first-order valence-corrected chi connectivity index (χ1v) is 5.92. The monoisotopic (exact) mass is 228 g/mol. The van der Waals surface area contributed by atoms with Gasteiger partial charge in [0, 0.05) is 24.7 Å².